The summed E-state index contributed by atoms with van der Waals surface area (Å²) in [5.41, 5.74) is -0.0172. The van der Waals surface area contributed by atoms with Gasteiger partial charge in [-0.15, -0.1) is 0 Å². The van der Waals surface area contributed by atoms with Gasteiger partial charge in [0.1, 0.15) is 17.3 Å². The molecule has 0 saturated carbocycles. The summed E-state index contributed by atoms with van der Waals surface area (Å²) < 4.78 is 48.3. The smallest absolute Gasteiger partial charge is 0.416 e. The van der Waals surface area contributed by atoms with Crippen LogP contribution in [-0.4, -0.2) is 26.2 Å². The molecule has 152 valence electrons. The number of oxime groups is 1. The Hall–Kier alpha value is -3.21. The maximum absolute atomic E-state index is 12.9. The van der Waals surface area contributed by atoms with Gasteiger partial charge in [-0.25, -0.2) is 4.98 Å². The molecule has 3 aromatic rings. The lowest BCUT2D eigenvalue weighted by molar-refractivity contribution is -0.137. The van der Waals surface area contributed by atoms with Crippen LogP contribution in [0.15, 0.2) is 39.9 Å². The van der Waals surface area contributed by atoms with Crippen molar-refractivity contribution in [1.82, 2.24) is 9.36 Å². The number of nitrogens with one attached hydrogen (secondary N) is 1. The summed E-state index contributed by atoms with van der Waals surface area (Å²) in [6.45, 7) is 3.14. The first-order chi connectivity index (χ1) is 13.7. The normalized spacial score (nSPS) is 12.2. The summed E-state index contributed by atoms with van der Waals surface area (Å²) in [4.78, 5) is 16.6. The van der Waals surface area contributed by atoms with Crippen molar-refractivity contribution >= 4 is 28.3 Å². The third-order valence-corrected chi connectivity index (χ3v) is 4.58. The number of halogens is 3. The fourth-order valence-electron chi connectivity index (χ4n) is 2.50. The second-order valence-corrected chi connectivity index (χ2v) is 6.89. The summed E-state index contributed by atoms with van der Waals surface area (Å²) in [7, 11) is 0. The number of nitrogens with zero attached hydrogens (tertiary/aromatic N) is 3. The highest BCUT2D eigenvalue weighted by Crippen LogP contribution is 2.33. The van der Waals surface area contributed by atoms with E-state index in [9.17, 15) is 18.0 Å². The van der Waals surface area contributed by atoms with Crippen LogP contribution >= 0.6 is 11.5 Å². The van der Waals surface area contributed by atoms with Gasteiger partial charge in [0, 0.05) is 17.1 Å². The number of rotatable bonds is 5. The largest absolute Gasteiger partial charge is 0.461 e. The van der Waals surface area contributed by atoms with Crippen molar-refractivity contribution in [2.24, 2.45) is 5.16 Å². The molecule has 0 atom stereocenters. The number of hydrogen-bond donors (Lipinski definition) is 2. The molecule has 1 aromatic carbocycles. The van der Waals surface area contributed by atoms with Crippen LogP contribution < -0.4 is 5.32 Å². The van der Waals surface area contributed by atoms with Gasteiger partial charge in [0.15, 0.2) is 0 Å². The predicted molar refractivity (Wildman–Crippen MR) is 100 cm³/mol. The number of furan rings is 1. The quantitative estimate of drug-likeness (QED) is 0.349. The molecule has 2 aromatic heterocycles. The molecule has 2 heterocycles. The molecule has 0 saturated heterocycles. The van der Waals surface area contributed by atoms with Crippen LogP contribution in [0.2, 0.25) is 0 Å². The topological polar surface area (TPSA) is 101 Å². The molecule has 0 aliphatic carbocycles. The summed E-state index contributed by atoms with van der Waals surface area (Å²) in [5, 5.41) is 14.5. The Balaban J connectivity index is 1.79. The van der Waals surface area contributed by atoms with E-state index in [1.54, 1.807) is 13.8 Å². The second kappa shape index (κ2) is 8.03. The zero-order valence-corrected chi connectivity index (χ0v) is 16.1. The van der Waals surface area contributed by atoms with Crippen molar-refractivity contribution in [2.75, 3.05) is 5.32 Å². The molecule has 7 nitrogen and oxygen atoms in total. The van der Waals surface area contributed by atoms with Gasteiger partial charge < -0.3 is 9.62 Å². The molecule has 0 fully saturated rings. The van der Waals surface area contributed by atoms with Gasteiger partial charge in [-0.05, 0) is 32.0 Å². The minimum Gasteiger partial charge on any atom is -0.461 e. The average Bonchev–Trinajstić information content (AvgIpc) is 3.27. The summed E-state index contributed by atoms with van der Waals surface area (Å²) in [5.74, 6) is 0.253. The number of alkyl halides is 3. The highest BCUT2D eigenvalue weighted by Gasteiger charge is 2.30. The minimum atomic E-state index is -4.48. The van der Waals surface area contributed by atoms with Crippen LogP contribution in [0.1, 0.15) is 34.4 Å². The van der Waals surface area contributed by atoms with Crippen LogP contribution in [0.5, 0.6) is 0 Å². The fourth-order valence-corrected chi connectivity index (χ4v) is 3.09. The second-order valence-electron chi connectivity index (χ2n) is 6.14. The van der Waals surface area contributed by atoms with Gasteiger partial charge in [0.2, 0.25) is 5.13 Å². The number of benzene rings is 1. The van der Waals surface area contributed by atoms with Gasteiger partial charge in [-0.3, -0.25) is 10.1 Å². The molecule has 0 bridgehead atoms. The molecule has 1 amide bonds. The molecule has 3 rings (SSSR count). The van der Waals surface area contributed by atoms with Gasteiger partial charge >= 0.3 is 6.18 Å². The van der Waals surface area contributed by atoms with Crippen LogP contribution in [0, 0.1) is 6.92 Å². The molecule has 0 spiro atoms. The first-order valence-corrected chi connectivity index (χ1v) is 9.04. The van der Waals surface area contributed by atoms with Crippen molar-refractivity contribution < 1.29 is 27.6 Å². The Morgan fingerprint density at radius 3 is 2.79 bits per heavy atom. The number of aromatic nitrogens is 2. The Morgan fingerprint density at radius 1 is 1.34 bits per heavy atom. The Labute approximate surface area is 167 Å². The van der Waals surface area contributed by atoms with Crippen molar-refractivity contribution in [2.45, 2.75) is 26.4 Å². The van der Waals surface area contributed by atoms with E-state index in [0.717, 1.165) is 23.7 Å². The molecule has 11 heteroatoms. The summed E-state index contributed by atoms with van der Waals surface area (Å²) in [6.07, 6.45) is -4.25. The minimum absolute atomic E-state index is 0.145. The monoisotopic (exact) mass is 424 g/mol. The highest BCUT2D eigenvalue weighted by atomic mass is 32.1. The Bertz CT molecular complexity index is 1070. The van der Waals surface area contributed by atoms with Gasteiger partial charge in [-0.2, -0.15) is 17.5 Å². The number of aryl methyl sites for hydroxylation is 1. The van der Waals surface area contributed by atoms with E-state index in [2.05, 4.69) is 19.8 Å². The van der Waals surface area contributed by atoms with E-state index in [1.807, 2.05) is 0 Å². The van der Waals surface area contributed by atoms with Crippen LogP contribution in [-0.2, 0) is 12.6 Å². The third kappa shape index (κ3) is 4.80. The first kappa shape index (κ1) is 20.5. The average molecular weight is 424 g/mol. The summed E-state index contributed by atoms with van der Waals surface area (Å²) in [6, 6.07) is 6.04. The number of anilines is 1. The Morgan fingerprint density at radius 2 is 2.10 bits per heavy atom. The van der Waals surface area contributed by atoms with Gasteiger partial charge in [0.25, 0.3) is 5.91 Å². The SMILES string of the molecule is CC(Cc1nsc(NC(=O)c2cc(-c3cccc(C(F)(F)F)c3)oc2C)n1)=NO. The van der Waals surface area contributed by atoms with Crippen molar-refractivity contribution in [3.05, 3.63) is 53.0 Å². The van der Waals surface area contributed by atoms with E-state index in [-0.39, 0.29) is 34.2 Å². The number of carbonyl (C=O) groups is 1. The first-order valence-electron chi connectivity index (χ1n) is 8.27. The molecular formula is C18H15F3N4O3S. The zero-order valence-electron chi connectivity index (χ0n) is 15.2. The van der Waals surface area contributed by atoms with E-state index >= 15 is 0 Å². The van der Waals surface area contributed by atoms with E-state index in [0.29, 0.717) is 11.5 Å². The lowest BCUT2D eigenvalue weighted by atomic mass is 10.1. The predicted octanol–water partition coefficient (Wildman–Crippen LogP) is 4.77. The molecule has 0 aliphatic rings. The Kier molecular flexibility index (Phi) is 5.69. The zero-order chi connectivity index (χ0) is 21.2. The van der Waals surface area contributed by atoms with Crippen molar-refractivity contribution in [3.8, 4) is 11.3 Å². The number of carbonyl (C=O) groups excluding carboxylic acids is 1. The summed E-state index contributed by atoms with van der Waals surface area (Å²) >= 11 is 0.953. The van der Waals surface area contributed by atoms with Gasteiger partial charge in [-0.1, -0.05) is 17.3 Å². The molecule has 29 heavy (non-hydrogen) atoms. The molecular weight excluding hydrogens is 409 g/mol. The van der Waals surface area contributed by atoms with E-state index in [4.69, 9.17) is 9.62 Å². The van der Waals surface area contributed by atoms with Crippen LogP contribution in [0.4, 0.5) is 18.3 Å². The number of amides is 1. The van der Waals surface area contributed by atoms with Crippen LogP contribution in [0.3, 0.4) is 0 Å². The third-order valence-electron chi connectivity index (χ3n) is 3.91. The van der Waals surface area contributed by atoms with Crippen molar-refractivity contribution in [3.63, 3.8) is 0 Å². The fraction of sp³-hybridized carbons (Fsp3) is 0.222. The molecule has 2 N–H and O–H groups in total. The highest BCUT2D eigenvalue weighted by molar-refractivity contribution is 7.09. The molecule has 0 unspecified atom stereocenters. The van der Waals surface area contributed by atoms with Crippen molar-refractivity contribution in [1.29, 1.82) is 0 Å². The molecule has 0 radical (unpaired) electrons. The number of hydrogen-bond acceptors (Lipinski definition) is 7. The lowest BCUT2D eigenvalue weighted by Crippen LogP contribution is -2.12. The van der Waals surface area contributed by atoms with Gasteiger partial charge in [0.05, 0.1) is 23.3 Å². The van der Waals surface area contributed by atoms with E-state index < -0.39 is 17.6 Å². The maximum atomic E-state index is 12.9. The standard InChI is InChI=1S/C18H15F3N4O3S/c1-9(24-27)6-15-22-17(29-25-15)23-16(26)13-8-14(28-10(13)2)11-4-3-5-12(7-11)18(19,20)21/h3-5,7-8,27H,6H2,1-2H3,(H,22,23,25,26). The van der Waals surface area contributed by atoms with E-state index in [1.165, 1.54) is 18.2 Å². The van der Waals surface area contributed by atoms with Crippen LogP contribution in [0.25, 0.3) is 11.3 Å². The lowest BCUT2D eigenvalue weighted by Gasteiger charge is -2.07. The molecule has 0 aliphatic heterocycles. The maximum Gasteiger partial charge on any atom is 0.416 e.